The molecule has 1 amide bonds. The molecule has 0 spiro atoms. The van der Waals surface area contributed by atoms with Crippen molar-refractivity contribution in [2.24, 2.45) is 0 Å². The SMILES string of the molecule is COc1ccc2sc(N(CCCN3CCOCC3)C(=O)c3cc4ccccc4oc3=O)nc2c1.Cl. The molecular formula is C25H26ClN3O5S. The highest BCUT2D eigenvalue weighted by Gasteiger charge is 2.25. The van der Waals surface area contributed by atoms with Crippen molar-refractivity contribution in [3.63, 3.8) is 0 Å². The zero-order valence-corrected chi connectivity index (χ0v) is 20.9. The maximum Gasteiger partial charge on any atom is 0.349 e. The largest absolute Gasteiger partial charge is 0.497 e. The van der Waals surface area contributed by atoms with Gasteiger partial charge in [0, 0.05) is 37.6 Å². The zero-order valence-electron chi connectivity index (χ0n) is 19.3. The zero-order chi connectivity index (χ0) is 23.5. The van der Waals surface area contributed by atoms with Crippen LogP contribution in [-0.2, 0) is 4.74 Å². The summed E-state index contributed by atoms with van der Waals surface area (Å²) in [6.45, 7) is 4.46. The number of halogens is 1. The molecule has 0 atom stereocenters. The highest BCUT2D eigenvalue weighted by molar-refractivity contribution is 7.22. The first-order chi connectivity index (χ1) is 16.6. The first-order valence-electron chi connectivity index (χ1n) is 11.2. The number of methoxy groups -OCH3 is 1. The normalized spacial score (nSPS) is 14.1. The smallest absolute Gasteiger partial charge is 0.349 e. The third kappa shape index (κ3) is 5.48. The van der Waals surface area contributed by atoms with Crippen LogP contribution in [0, 0.1) is 0 Å². The second-order valence-corrected chi connectivity index (χ2v) is 9.09. The summed E-state index contributed by atoms with van der Waals surface area (Å²) < 4.78 is 17.1. The van der Waals surface area contributed by atoms with Gasteiger partial charge in [0.25, 0.3) is 5.91 Å². The van der Waals surface area contributed by atoms with Gasteiger partial charge in [-0.25, -0.2) is 9.78 Å². The first-order valence-corrected chi connectivity index (χ1v) is 12.0. The van der Waals surface area contributed by atoms with Crippen molar-refractivity contribution >= 4 is 56.0 Å². The molecule has 2 aromatic heterocycles. The number of hydrogen-bond acceptors (Lipinski definition) is 8. The van der Waals surface area contributed by atoms with Crippen LogP contribution in [-0.4, -0.2) is 62.3 Å². The number of carbonyl (C=O) groups is 1. The fourth-order valence-corrected chi connectivity index (χ4v) is 5.03. The molecule has 0 aliphatic carbocycles. The standard InChI is InChI=1S/C25H25N3O5S.ClH/c1-31-18-7-8-22-20(16-18)26-25(34-22)28(10-4-9-27-11-13-32-14-12-27)23(29)19-15-17-5-2-3-6-21(17)33-24(19)30;/h2-3,5-8,15-16H,4,9-14H2,1H3;1H. The number of anilines is 1. The summed E-state index contributed by atoms with van der Waals surface area (Å²) in [7, 11) is 1.61. The number of rotatable bonds is 7. The molecule has 0 radical (unpaired) electrons. The quantitative estimate of drug-likeness (QED) is 0.341. The van der Waals surface area contributed by atoms with Crippen molar-refractivity contribution in [2.75, 3.05) is 51.4 Å². The molecule has 0 bridgehead atoms. The van der Waals surface area contributed by atoms with E-state index in [4.69, 9.17) is 18.9 Å². The Bertz CT molecular complexity index is 1380. The Morgan fingerprint density at radius 1 is 1.17 bits per heavy atom. The number of para-hydroxylation sites is 1. The molecule has 1 aliphatic heterocycles. The predicted octanol–water partition coefficient (Wildman–Crippen LogP) is 4.20. The summed E-state index contributed by atoms with van der Waals surface area (Å²) in [5.74, 6) is 0.289. The monoisotopic (exact) mass is 515 g/mol. The third-order valence-electron chi connectivity index (χ3n) is 5.89. The van der Waals surface area contributed by atoms with Crippen LogP contribution in [0.5, 0.6) is 5.75 Å². The fraction of sp³-hybridized carbons (Fsp3) is 0.320. The number of nitrogens with zero attached hydrogens (tertiary/aromatic N) is 3. The number of amides is 1. The van der Waals surface area contributed by atoms with Crippen molar-refractivity contribution in [3.8, 4) is 5.75 Å². The maximum absolute atomic E-state index is 13.7. The fourth-order valence-electron chi connectivity index (χ4n) is 4.06. The lowest BCUT2D eigenvalue weighted by molar-refractivity contribution is 0.0376. The number of carbonyl (C=O) groups excluding carboxylic acids is 1. The molecule has 5 rings (SSSR count). The van der Waals surface area contributed by atoms with E-state index in [-0.39, 0.29) is 18.0 Å². The summed E-state index contributed by atoms with van der Waals surface area (Å²) in [6.07, 6.45) is 0.740. The first kappa shape index (κ1) is 25.1. The molecule has 0 unspecified atom stereocenters. The molecule has 35 heavy (non-hydrogen) atoms. The Morgan fingerprint density at radius 3 is 2.77 bits per heavy atom. The molecule has 0 N–H and O–H groups in total. The molecule has 2 aromatic carbocycles. The highest BCUT2D eigenvalue weighted by Crippen LogP contribution is 2.32. The average molecular weight is 516 g/mol. The molecule has 184 valence electrons. The van der Waals surface area contributed by atoms with E-state index in [2.05, 4.69) is 4.90 Å². The van der Waals surface area contributed by atoms with E-state index >= 15 is 0 Å². The number of benzene rings is 2. The van der Waals surface area contributed by atoms with Crippen LogP contribution in [0.15, 0.2) is 57.7 Å². The van der Waals surface area contributed by atoms with Crippen molar-refractivity contribution in [1.29, 1.82) is 0 Å². The van der Waals surface area contributed by atoms with Gasteiger partial charge < -0.3 is 13.9 Å². The third-order valence-corrected chi connectivity index (χ3v) is 6.95. The van der Waals surface area contributed by atoms with E-state index in [9.17, 15) is 9.59 Å². The van der Waals surface area contributed by atoms with Gasteiger partial charge in [0.05, 0.1) is 30.5 Å². The molecular weight excluding hydrogens is 490 g/mol. The van der Waals surface area contributed by atoms with Gasteiger partial charge in [-0.15, -0.1) is 12.4 Å². The van der Waals surface area contributed by atoms with Gasteiger partial charge >= 0.3 is 5.63 Å². The number of fused-ring (bicyclic) bond motifs is 2. The van der Waals surface area contributed by atoms with Crippen molar-refractivity contribution in [3.05, 3.63) is 64.5 Å². The van der Waals surface area contributed by atoms with Gasteiger partial charge in [0.1, 0.15) is 16.9 Å². The minimum atomic E-state index is -0.648. The summed E-state index contributed by atoms with van der Waals surface area (Å²) >= 11 is 1.42. The molecule has 10 heteroatoms. The van der Waals surface area contributed by atoms with Gasteiger partial charge in [0.15, 0.2) is 5.13 Å². The van der Waals surface area contributed by atoms with Gasteiger partial charge in [-0.05, 0) is 30.7 Å². The van der Waals surface area contributed by atoms with Gasteiger partial charge in [-0.1, -0.05) is 29.5 Å². The Morgan fingerprint density at radius 2 is 1.97 bits per heavy atom. The molecule has 1 fully saturated rings. The van der Waals surface area contributed by atoms with Crippen molar-refractivity contribution in [2.45, 2.75) is 6.42 Å². The van der Waals surface area contributed by atoms with Crippen molar-refractivity contribution in [1.82, 2.24) is 9.88 Å². The minimum Gasteiger partial charge on any atom is -0.497 e. The lowest BCUT2D eigenvalue weighted by Gasteiger charge is -2.27. The highest BCUT2D eigenvalue weighted by atomic mass is 35.5. The number of ether oxygens (including phenoxy) is 2. The van der Waals surface area contributed by atoms with E-state index in [1.807, 2.05) is 30.3 Å². The second-order valence-electron chi connectivity index (χ2n) is 8.08. The second kappa shape index (κ2) is 11.2. The average Bonchev–Trinajstić information content (AvgIpc) is 3.29. The van der Waals surface area contributed by atoms with E-state index in [0.717, 1.165) is 49.5 Å². The van der Waals surface area contributed by atoms with Gasteiger partial charge in [-0.2, -0.15) is 0 Å². The Labute approximate surface area is 212 Å². The van der Waals surface area contributed by atoms with Crippen LogP contribution in [0.1, 0.15) is 16.8 Å². The molecule has 1 aliphatic rings. The summed E-state index contributed by atoms with van der Waals surface area (Å²) in [6, 6.07) is 14.4. The Kier molecular flexibility index (Phi) is 8.02. The van der Waals surface area contributed by atoms with E-state index in [1.54, 1.807) is 30.2 Å². The number of aromatic nitrogens is 1. The maximum atomic E-state index is 13.7. The molecule has 0 saturated carbocycles. The van der Waals surface area contributed by atoms with Crippen molar-refractivity contribution < 1.29 is 18.7 Å². The van der Waals surface area contributed by atoms with Gasteiger partial charge in [0.2, 0.25) is 0 Å². The Balaban J connectivity index is 0.00000289. The van der Waals surface area contributed by atoms with Crippen LogP contribution in [0.4, 0.5) is 5.13 Å². The van der Waals surface area contributed by atoms with Crippen LogP contribution >= 0.6 is 23.7 Å². The number of morpholine rings is 1. The topological polar surface area (TPSA) is 85.1 Å². The van der Waals surface area contributed by atoms with Crippen LogP contribution in [0.25, 0.3) is 21.2 Å². The summed E-state index contributed by atoms with van der Waals surface area (Å²) in [5, 5.41) is 1.25. The summed E-state index contributed by atoms with van der Waals surface area (Å²) in [4.78, 5) is 35.0. The van der Waals surface area contributed by atoms with Crippen LogP contribution in [0.2, 0.25) is 0 Å². The number of hydrogen-bond donors (Lipinski definition) is 0. The lowest BCUT2D eigenvalue weighted by atomic mass is 10.1. The molecule has 8 nitrogen and oxygen atoms in total. The number of thiazole rings is 1. The lowest BCUT2D eigenvalue weighted by Crippen LogP contribution is -2.40. The minimum absolute atomic E-state index is 0. The molecule has 4 aromatic rings. The van der Waals surface area contributed by atoms with Gasteiger partial charge in [-0.3, -0.25) is 14.6 Å². The van der Waals surface area contributed by atoms with Crippen LogP contribution < -0.4 is 15.3 Å². The molecule has 3 heterocycles. The molecule has 1 saturated heterocycles. The van der Waals surface area contributed by atoms with E-state index in [0.29, 0.717) is 28.4 Å². The van der Waals surface area contributed by atoms with E-state index < -0.39 is 11.5 Å². The predicted molar refractivity (Wildman–Crippen MR) is 139 cm³/mol. The summed E-state index contributed by atoms with van der Waals surface area (Å²) in [5.41, 5.74) is 0.553. The Hall–Kier alpha value is -2.98. The van der Waals surface area contributed by atoms with E-state index in [1.165, 1.54) is 11.3 Å². The van der Waals surface area contributed by atoms with Crippen LogP contribution in [0.3, 0.4) is 0 Å².